The molecule has 2 amide bonds. The molecule has 1 aliphatic rings. The number of hydrogen-bond donors (Lipinski definition) is 1. The Morgan fingerprint density at radius 1 is 1.21 bits per heavy atom. The number of hydrogen-bond acceptors (Lipinski definition) is 6. The van der Waals surface area contributed by atoms with E-state index in [1.807, 2.05) is 39.9 Å². The van der Waals surface area contributed by atoms with Crippen LogP contribution in [-0.2, 0) is 0 Å². The summed E-state index contributed by atoms with van der Waals surface area (Å²) in [7, 11) is 1.58. The van der Waals surface area contributed by atoms with Crippen LogP contribution in [0.4, 0.5) is 0 Å². The van der Waals surface area contributed by atoms with Gasteiger partial charge in [-0.25, -0.2) is 0 Å². The van der Waals surface area contributed by atoms with Crippen molar-refractivity contribution in [3.8, 4) is 5.75 Å². The number of amides is 2. The van der Waals surface area contributed by atoms with Crippen LogP contribution in [0, 0.1) is 0 Å². The summed E-state index contributed by atoms with van der Waals surface area (Å²) < 4.78 is 11.1. The van der Waals surface area contributed by atoms with Gasteiger partial charge in [-0.3, -0.25) is 14.5 Å². The van der Waals surface area contributed by atoms with Crippen molar-refractivity contribution in [2.24, 2.45) is 0 Å². The van der Waals surface area contributed by atoms with Gasteiger partial charge < -0.3 is 19.4 Å². The van der Waals surface area contributed by atoms with Crippen LogP contribution in [0.25, 0.3) is 11.0 Å². The van der Waals surface area contributed by atoms with Gasteiger partial charge in [0.05, 0.1) is 7.11 Å². The minimum atomic E-state index is -0.103. The van der Waals surface area contributed by atoms with Gasteiger partial charge in [-0.15, -0.1) is 0 Å². The van der Waals surface area contributed by atoms with Crippen LogP contribution >= 0.6 is 11.3 Å². The van der Waals surface area contributed by atoms with Crippen molar-refractivity contribution in [1.29, 1.82) is 0 Å². The number of nitrogens with one attached hydrogen (secondary N) is 1. The van der Waals surface area contributed by atoms with Gasteiger partial charge in [0.2, 0.25) is 0 Å². The summed E-state index contributed by atoms with van der Waals surface area (Å²) in [5, 5.41) is 7.52. The molecule has 1 N–H and O–H groups in total. The molecule has 1 fully saturated rings. The largest absolute Gasteiger partial charge is 0.493 e. The lowest BCUT2D eigenvalue weighted by atomic mass is 10.2. The van der Waals surface area contributed by atoms with E-state index in [2.05, 4.69) is 10.2 Å². The molecule has 0 radical (unpaired) electrons. The summed E-state index contributed by atoms with van der Waals surface area (Å²) in [5.74, 6) is 0.811. The molecule has 0 saturated carbocycles. The molecule has 29 heavy (non-hydrogen) atoms. The quantitative estimate of drug-likeness (QED) is 0.673. The Kier molecular flexibility index (Phi) is 5.82. The van der Waals surface area contributed by atoms with E-state index in [4.69, 9.17) is 9.15 Å². The number of carbonyl (C=O) groups excluding carboxylic acids is 2. The van der Waals surface area contributed by atoms with Gasteiger partial charge in [0.15, 0.2) is 17.1 Å². The number of methoxy groups -OCH3 is 1. The number of piperazine rings is 1. The second-order valence-electron chi connectivity index (χ2n) is 6.89. The topological polar surface area (TPSA) is 75.0 Å². The van der Waals surface area contributed by atoms with Gasteiger partial charge in [-0.2, -0.15) is 11.3 Å². The molecule has 1 aromatic carbocycles. The van der Waals surface area contributed by atoms with Gasteiger partial charge in [0.1, 0.15) is 0 Å². The van der Waals surface area contributed by atoms with Crippen molar-refractivity contribution < 1.29 is 18.7 Å². The SMILES string of the molecule is COc1cccc2cc(C(=O)N3CCN(CCNC(=O)c4ccsc4)CC3)oc12. The molecule has 8 heteroatoms. The Labute approximate surface area is 172 Å². The van der Waals surface area contributed by atoms with Gasteiger partial charge in [0.25, 0.3) is 11.8 Å². The van der Waals surface area contributed by atoms with Crippen LogP contribution in [0.5, 0.6) is 5.75 Å². The molecular formula is C21H23N3O4S. The van der Waals surface area contributed by atoms with Gasteiger partial charge >= 0.3 is 0 Å². The number of furan rings is 1. The highest BCUT2D eigenvalue weighted by atomic mass is 32.1. The number of rotatable bonds is 6. The fraction of sp³-hybridized carbons (Fsp3) is 0.333. The number of ether oxygens (including phenoxy) is 1. The van der Waals surface area contributed by atoms with Crippen LogP contribution in [-0.4, -0.2) is 68.0 Å². The van der Waals surface area contributed by atoms with E-state index in [0.717, 1.165) is 25.0 Å². The van der Waals surface area contributed by atoms with Gasteiger partial charge in [0, 0.05) is 55.6 Å². The average molecular weight is 413 g/mol. The van der Waals surface area contributed by atoms with Gasteiger partial charge in [-0.05, 0) is 23.6 Å². The maximum absolute atomic E-state index is 12.8. The third-order valence-electron chi connectivity index (χ3n) is 5.10. The molecule has 2 aromatic heterocycles. The number of thiophene rings is 1. The van der Waals surface area contributed by atoms with Crippen LogP contribution in [0.2, 0.25) is 0 Å². The Morgan fingerprint density at radius 3 is 2.76 bits per heavy atom. The highest BCUT2D eigenvalue weighted by molar-refractivity contribution is 7.08. The number of benzene rings is 1. The molecule has 0 bridgehead atoms. The first-order valence-corrected chi connectivity index (χ1v) is 10.5. The maximum Gasteiger partial charge on any atom is 0.289 e. The lowest BCUT2D eigenvalue weighted by Crippen LogP contribution is -2.50. The van der Waals surface area contributed by atoms with Crippen molar-refractivity contribution in [2.75, 3.05) is 46.4 Å². The van der Waals surface area contributed by atoms with E-state index >= 15 is 0 Å². The van der Waals surface area contributed by atoms with E-state index in [1.54, 1.807) is 13.2 Å². The van der Waals surface area contributed by atoms with E-state index in [1.165, 1.54) is 11.3 Å². The molecule has 0 aliphatic carbocycles. The van der Waals surface area contributed by atoms with Gasteiger partial charge in [-0.1, -0.05) is 12.1 Å². The minimum absolute atomic E-state index is 0.0413. The second kappa shape index (κ2) is 8.67. The Bertz CT molecular complexity index is 991. The highest BCUT2D eigenvalue weighted by Crippen LogP contribution is 2.29. The highest BCUT2D eigenvalue weighted by Gasteiger charge is 2.25. The maximum atomic E-state index is 12.8. The van der Waals surface area contributed by atoms with Crippen LogP contribution < -0.4 is 10.1 Å². The van der Waals surface area contributed by atoms with E-state index in [-0.39, 0.29) is 11.8 Å². The third-order valence-corrected chi connectivity index (χ3v) is 5.78. The minimum Gasteiger partial charge on any atom is -0.493 e. The lowest BCUT2D eigenvalue weighted by Gasteiger charge is -2.34. The average Bonchev–Trinajstić information content (AvgIpc) is 3.43. The zero-order chi connectivity index (χ0) is 20.2. The Hall–Kier alpha value is -2.84. The summed E-state index contributed by atoms with van der Waals surface area (Å²) >= 11 is 1.51. The van der Waals surface area contributed by atoms with Crippen molar-refractivity contribution in [3.63, 3.8) is 0 Å². The number of carbonyl (C=O) groups is 2. The molecule has 1 aliphatic heterocycles. The number of nitrogens with zero attached hydrogens (tertiary/aromatic N) is 2. The smallest absolute Gasteiger partial charge is 0.289 e. The van der Waals surface area contributed by atoms with Crippen LogP contribution in [0.3, 0.4) is 0 Å². The molecular weight excluding hydrogens is 390 g/mol. The fourth-order valence-electron chi connectivity index (χ4n) is 3.46. The number of fused-ring (bicyclic) bond motifs is 1. The van der Waals surface area contributed by atoms with Crippen molar-refractivity contribution in [3.05, 3.63) is 52.4 Å². The third kappa shape index (κ3) is 4.28. The Morgan fingerprint density at radius 2 is 2.03 bits per heavy atom. The molecule has 3 aromatic rings. The first kappa shape index (κ1) is 19.5. The molecule has 0 unspecified atom stereocenters. The van der Waals surface area contributed by atoms with Crippen LogP contribution in [0.1, 0.15) is 20.9 Å². The lowest BCUT2D eigenvalue weighted by molar-refractivity contribution is 0.0609. The summed E-state index contributed by atoms with van der Waals surface area (Å²) in [6, 6.07) is 9.18. The number of para-hydroxylation sites is 1. The normalized spacial score (nSPS) is 14.9. The predicted octanol–water partition coefficient (Wildman–Crippen LogP) is 2.69. The predicted molar refractivity (Wildman–Crippen MR) is 112 cm³/mol. The summed E-state index contributed by atoms with van der Waals surface area (Å²) in [5.41, 5.74) is 1.30. The van der Waals surface area contributed by atoms with E-state index in [9.17, 15) is 9.59 Å². The van der Waals surface area contributed by atoms with E-state index in [0.29, 0.717) is 42.3 Å². The van der Waals surface area contributed by atoms with E-state index < -0.39 is 0 Å². The Balaban J connectivity index is 1.28. The zero-order valence-electron chi connectivity index (χ0n) is 16.2. The first-order valence-electron chi connectivity index (χ1n) is 9.54. The molecule has 1 saturated heterocycles. The first-order chi connectivity index (χ1) is 14.2. The summed E-state index contributed by atoms with van der Waals surface area (Å²) in [6.45, 7) is 4.15. The monoisotopic (exact) mass is 413 g/mol. The van der Waals surface area contributed by atoms with Crippen molar-refractivity contribution in [2.45, 2.75) is 0 Å². The van der Waals surface area contributed by atoms with Crippen molar-refractivity contribution in [1.82, 2.24) is 15.1 Å². The molecule has 4 rings (SSSR count). The molecule has 152 valence electrons. The second-order valence-corrected chi connectivity index (χ2v) is 7.67. The standard InChI is InChI=1S/C21H23N3O4S/c1-27-17-4-2-3-15-13-18(28-19(15)17)21(26)24-10-8-23(9-11-24)7-6-22-20(25)16-5-12-29-14-16/h2-5,12-14H,6-11H2,1H3,(H,22,25). The van der Waals surface area contributed by atoms with Crippen molar-refractivity contribution >= 4 is 34.1 Å². The molecule has 7 nitrogen and oxygen atoms in total. The van der Waals surface area contributed by atoms with Crippen LogP contribution in [0.15, 0.2) is 45.5 Å². The molecule has 3 heterocycles. The zero-order valence-corrected chi connectivity index (χ0v) is 17.0. The molecule has 0 atom stereocenters. The molecule has 0 spiro atoms. The summed E-state index contributed by atoms with van der Waals surface area (Å²) in [4.78, 5) is 28.9. The summed E-state index contributed by atoms with van der Waals surface area (Å²) in [6.07, 6.45) is 0. The fourth-order valence-corrected chi connectivity index (χ4v) is 4.09.